The molecule has 0 atom stereocenters. The van der Waals surface area contributed by atoms with Crippen LogP contribution in [0.15, 0.2) is 95.9 Å². The average molecular weight is 621 g/mol. The maximum atomic E-state index is 10.4. The van der Waals surface area contributed by atoms with Crippen LogP contribution in [0.5, 0.6) is 5.75 Å². The normalized spacial score (nSPS) is 11.1. The lowest BCUT2D eigenvalue weighted by atomic mass is 10.1. The first-order chi connectivity index (χ1) is 17.4. The molecule has 36 heavy (non-hydrogen) atoms. The molecule has 0 unspecified atom stereocenters. The van der Waals surface area contributed by atoms with Crippen molar-refractivity contribution in [2.24, 2.45) is 0 Å². The number of hydrogen-bond donors (Lipinski definition) is 0. The van der Waals surface area contributed by atoms with E-state index >= 15 is 0 Å². The van der Waals surface area contributed by atoms with Gasteiger partial charge in [-0.15, -0.1) is 0 Å². The van der Waals surface area contributed by atoms with Crippen LogP contribution in [0.1, 0.15) is 5.56 Å². The molecular formula is C28H29IO6S. The van der Waals surface area contributed by atoms with E-state index in [1.165, 1.54) is 30.0 Å². The van der Waals surface area contributed by atoms with Gasteiger partial charge in [0.15, 0.2) is 9.32 Å². The maximum absolute atomic E-state index is 10.4. The number of hydrogen-bond acceptors (Lipinski definition) is 6. The summed E-state index contributed by atoms with van der Waals surface area (Å²) >= 11 is -0.286. The molecule has 0 amide bonds. The summed E-state index contributed by atoms with van der Waals surface area (Å²) in [6, 6.07) is 29.2. The number of rotatable bonds is 10. The molecule has 0 aromatic heterocycles. The van der Waals surface area contributed by atoms with Crippen molar-refractivity contribution >= 4 is 20.9 Å². The predicted octanol–water partition coefficient (Wildman–Crippen LogP) is 1.91. The zero-order chi connectivity index (χ0) is 25.8. The Hall–Kier alpha value is -2.50. The van der Waals surface area contributed by atoms with E-state index < -0.39 is 10.1 Å². The number of methoxy groups -OCH3 is 1. The molecule has 190 valence electrons. The molecule has 0 bridgehead atoms. The van der Waals surface area contributed by atoms with Crippen molar-refractivity contribution in [3.63, 3.8) is 0 Å². The van der Waals surface area contributed by atoms with Gasteiger partial charge in [-0.2, -0.15) is 0 Å². The summed E-state index contributed by atoms with van der Waals surface area (Å²) < 4.78 is 50.5. The first kappa shape index (κ1) is 28.1. The maximum Gasteiger partial charge on any atom is 0.362 e. The van der Waals surface area contributed by atoms with E-state index in [0.29, 0.717) is 26.4 Å². The summed E-state index contributed by atoms with van der Waals surface area (Å²) in [5.41, 5.74) is 0.928. The standard InChI is InChI=1S/C21H22IO3.C7H8O3S/c1-23-13-14-24-15-16-25-21-19-10-6-5-7-17(19)11-12-20(21)22-18-8-3-2-4-9-18;1-6-2-4-7(5-3-6)11(8,9)10/h2-12H,13-16H2,1H3;2-5H,1H3,(H,8,9,10)/q+1;/p-1. The predicted molar refractivity (Wildman–Crippen MR) is 135 cm³/mol. The van der Waals surface area contributed by atoms with Gasteiger partial charge in [-0.1, -0.05) is 60.2 Å². The van der Waals surface area contributed by atoms with Crippen LogP contribution in [0.25, 0.3) is 10.8 Å². The SMILES string of the molecule is COCCOCCOc1c([I+]c2ccccc2)ccc2ccccc12.Cc1ccc(S(=O)(=O)[O-])cc1. The third-order valence-electron chi connectivity index (χ3n) is 4.99. The lowest BCUT2D eigenvalue weighted by Gasteiger charge is -2.10. The Balaban J connectivity index is 0.000000275. The van der Waals surface area contributed by atoms with Gasteiger partial charge < -0.3 is 18.8 Å². The van der Waals surface area contributed by atoms with Crippen molar-refractivity contribution in [1.29, 1.82) is 0 Å². The summed E-state index contributed by atoms with van der Waals surface area (Å²) in [5, 5.41) is 2.38. The molecule has 0 fully saturated rings. The number of ether oxygens (including phenoxy) is 3. The quantitative estimate of drug-likeness (QED) is 0.153. The van der Waals surface area contributed by atoms with Crippen LogP contribution in [0, 0.1) is 14.1 Å². The monoisotopic (exact) mass is 620 g/mol. The van der Waals surface area contributed by atoms with Gasteiger partial charge in [-0.3, -0.25) is 0 Å². The van der Waals surface area contributed by atoms with E-state index in [4.69, 9.17) is 14.2 Å². The van der Waals surface area contributed by atoms with Crippen molar-refractivity contribution in [3.8, 4) is 5.75 Å². The number of aryl methyl sites for hydroxylation is 1. The van der Waals surface area contributed by atoms with E-state index in [2.05, 4.69) is 66.7 Å². The highest BCUT2D eigenvalue weighted by Gasteiger charge is 2.23. The lowest BCUT2D eigenvalue weighted by Crippen LogP contribution is -3.61. The number of halogens is 1. The van der Waals surface area contributed by atoms with E-state index in [1.54, 1.807) is 19.2 Å². The molecule has 0 radical (unpaired) electrons. The van der Waals surface area contributed by atoms with Crippen LogP contribution in [-0.4, -0.2) is 46.5 Å². The molecule has 4 rings (SSSR count). The Morgan fingerprint density at radius 3 is 2.14 bits per heavy atom. The van der Waals surface area contributed by atoms with Crippen molar-refractivity contribution in [3.05, 3.63) is 104 Å². The molecule has 0 saturated carbocycles. The van der Waals surface area contributed by atoms with Crippen LogP contribution >= 0.6 is 0 Å². The summed E-state index contributed by atoms with van der Waals surface area (Å²) in [4.78, 5) is -0.178. The fourth-order valence-electron chi connectivity index (χ4n) is 3.18. The first-order valence-electron chi connectivity index (χ1n) is 11.3. The fourth-order valence-corrected chi connectivity index (χ4v) is 6.15. The highest BCUT2D eigenvalue weighted by atomic mass is 127. The van der Waals surface area contributed by atoms with E-state index in [9.17, 15) is 13.0 Å². The van der Waals surface area contributed by atoms with Crippen LogP contribution in [0.2, 0.25) is 0 Å². The van der Waals surface area contributed by atoms with Gasteiger partial charge in [-0.05, 0) is 48.7 Å². The van der Waals surface area contributed by atoms with Crippen LogP contribution in [-0.2, 0) is 19.6 Å². The van der Waals surface area contributed by atoms with Gasteiger partial charge in [-0.25, -0.2) is 8.42 Å². The molecule has 0 heterocycles. The van der Waals surface area contributed by atoms with Gasteiger partial charge in [0.25, 0.3) is 0 Å². The zero-order valence-electron chi connectivity index (χ0n) is 20.2. The molecule has 0 saturated heterocycles. The fraction of sp³-hybridized carbons (Fsp3) is 0.214. The average Bonchev–Trinajstić information content (AvgIpc) is 2.88. The van der Waals surface area contributed by atoms with Crippen molar-refractivity contribution in [1.82, 2.24) is 0 Å². The van der Waals surface area contributed by atoms with E-state index in [0.717, 1.165) is 11.3 Å². The molecule has 0 spiro atoms. The minimum Gasteiger partial charge on any atom is -0.744 e. The molecule has 0 N–H and O–H groups in total. The molecule has 0 aliphatic heterocycles. The Kier molecular flexibility index (Phi) is 11.1. The minimum absolute atomic E-state index is 0.178. The van der Waals surface area contributed by atoms with Crippen LogP contribution in [0.4, 0.5) is 0 Å². The Bertz CT molecular complexity index is 1330. The third kappa shape index (κ3) is 8.86. The molecule has 4 aromatic carbocycles. The van der Waals surface area contributed by atoms with Gasteiger partial charge >= 0.3 is 21.2 Å². The second-order valence-electron chi connectivity index (χ2n) is 7.71. The van der Waals surface area contributed by atoms with Crippen molar-refractivity contribution in [2.75, 3.05) is 33.5 Å². The van der Waals surface area contributed by atoms with Crippen molar-refractivity contribution < 1.29 is 48.4 Å². The van der Waals surface area contributed by atoms with Gasteiger partial charge in [0, 0.05) is 12.5 Å². The van der Waals surface area contributed by atoms with E-state index in [-0.39, 0.29) is 26.1 Å². The highest BCUT2D eigenvalue weighted by molar-refractivity contribution is 7.85. The molecule has 4 aromatic rings. The van der Waals surface area contributed by atoms with Gasteiger partial charge in [0.05, 0.1) is 24.7 Å². The van der Waals surface area contributed by atoms with Crippen LogP contribution < -0.4 is 25.9 Å². The summed E-state index contributed by atoms with van der Waals surface area (Å²) in [5.74, 6) is 1.00. The van der Waals surface area contributed by atoms with Crippen LogP contribution in [0.3, 0.4) is 0 Å². The highest BCUT2D eigenvalue weighted by Crippen LogP contribution is 2.25. The first-order valence-corrected chi connectivity index (χ1v) is 14.9. The Morgan fingerprint density at radius 1 is 0.778 bits per heavy atom. The van der Waals surface area contributed by atoms with Crippen molar-refractivity contribution in [2.45, 2.75) is 11.8 Å². The zero-order valence-corrected chi connectivity index (χ0v) is 23.2. The smallest absolute Gasteiger partial charge is 0.362 e. The molecule has 0 aliphatic carbocycles. The summed E-state index contributed by atoms with van der Waals surface area (Å²) in [6.07, 6.45) is 0. The summed E-state index contributed by atoms with van der Waals surface area (Å²) in [6.45, 7) is 4.14. The summed E-state index contributed by atoms with van der Waals surface area (Å²) in [7, 11) is -2.59. The number of fused-ring (bicyclic) bond motifs is 1. The second kappa shape index (κ2) is 14.3. The molecule has 6 nitrogen and oxygen atoms in total. The topological polar surface area (TPSA) is 84.9 Å². The molecule has 8 heteroatoms. The third-order valence-corrected chi connectivity index (χ3v) is 8.61. The molecule has 0 aliphatic rings. The molecular weight excluding hydrogens is 591 g/mol. The Morgan fingerprint density at radius 2 is 1.44 bits per heavy atom. The van der Waals surface area contributed by atoms with E-state index in [1.807, 2.05) is 6.92 Å². The number of benzene rings is 4. The largest absolute Gasteiger partial charge is 0.744 e. The second-order valence-corrected chi connectivity index (χ2v) is 12.0. The van der Waals surface area contributed by atoms with Gasteiger partial charge in [0.2, 0.25) is 3.57 Å². The Labute approximate surface area is 223 Å². The van der Waals surface area contributed by atoms with Gasteiger partial charge in [0.1, 0.15) is 16.7 Å². The lowest BCUT2D eigenvalue weighted by molar-refractivity contribution is -0.598. The minimum atomic E-state index is -4.27.